The minimum Gasteiger partial charge on any atom is -0.256 e. The molecule has 7 aromatic rings. The van der Waals surface area contributed by atoms with Gasteiger partial charge in [-0.1, -0.05) is 72.8 Å². The molecule has 0 N–H and O–H groups in total. The first-order valence-corrected chi connectivity index (χ1v) is 9.66. The summed E-state index contributed by atoms with van der Waals surface area (Å²) in [6.45, 7) is 0. The Balaban J connectivity index is 2.03. The van der Waals surface area contributed by atoms with Crippen LogP contribution in [0.2, 0.25) is 0 Å². The Labute approximate surface area is 161 Å². The van der Waals surface area contributed by atoms with Crippen molar-refractivity contribution in [2.45, 2.75) is 0 Å². The largest absolute Gasteiger partial charge is 0.256 e. The first-order chi connectivity index (χ1) is 13.9. The molecule has 1 heterocycles. The Morgan fingerprint density at radius 1 is 0.429 bits per heavy atom. The van der Waals surface area contributed by atoms with E-state index in [9.17, 15) is 0 Å². The van der Waals surface area contributed by atoms with Gasteiger partial charge in [0.15, 0.2) is 0 Å². The van der Waals surface area contributed by atoms with Gasteiger partial charge in [-0.25, -0.2) is 0 Å². The molecular formula is C27H15N. The van der Waals surface area contributed by atoms with E-state index in [2.05, 4.69) is 78.9 Å². The third-order valence-corrected chi connectivity index (χ3v) is 6.20. The van der Waals surface area contributed by atoms with E-state index in [1.54, 1.807) is 0 Å². The van der Waals surface area contributed by atoms with Gasteiger partial charge in [-0.15, -0.1) is 0 Å². The second-order valence-electron chi connectivity index (χ2n) is 7.57. The van der Waals surface area contributed by atoms with Crippen molar-refractivity contribution in [2.24, 2.45) is 0 Å². The van der Waals surface area contributed by atoms with Crippen molar-refractivity contribution in [1.82, 2.24) is 4.98 Å². The molecule has 0 aliphatic heterocycles. The van der Waals surface area contributed by atoms with Crippen molar-refractivity contribution in [2.75, 3.05) is 0 Å². The highest BCUT2D eigenvalue weighted by Gasteiger charge is 2.18. The van der Waals surface area contributed by atoms with Crippen molar-refractivity contribution in [3.63, 3.8) is 0 Å². The summed E-state index contributed by atoms with van der Waals surface area (Å²) >= 11 is 0. The molecule has 128 valence electrons. The molecule has 0 aliphatic carbocycles. The molecule has 28 heavy (non-hydrogen) atoms. The van der Waals surface area contributed by atoms with Crippen molar-refractivity contribution < 1.29 is 0 Å². The quantitative estimate of drug-likeness (QED) is 0.204. The summed E-state index contributed by atoms with van der Waals surface area (Å²) in [7, 11) is 0. The number of hydrogen-bond acceptors (Lipinski definition) is 1. The predicted octanol–water partition coefficient (Wildman–Crippen LogP) is 7.44. The predicted molar refractivity (Wildman–Crippen MR) is 120 cm³/mol. The number of aromatic nitrogens is 1. The topological polar surface area (TPSA) is 12.9 Å². The average molecular weight is 353 g/mol. The average Bonchev–Trinajstić information content (AvgIpc) is 2.78. The third-order valence-electron chi connectivity index (χ3n) is 6.20. The molecule has 0 saturated heterocycles. The smallest absolute Gasteiger partial charge is 0.0786 e. The monoisotopic (exact) mass is 353 g/mol. The summed E-state index contributed by atoms with van der Waals surface area (Å²) in [6, 6.07) is 30.8. The standard InChI is InChI=1S/C27H15N/c1-2-8-17-16(7-1)15-23-21-13-6-14-28-27(21)22-12-5-11-20-18-9-3-4-10-19(18)24(17)26(23)25(20)22/h1-15H. The molecule has 0 unspecified atom stereocenters. The zero-order valence-electron chi connectivity index (χ0n) is 15.1. The van der Waals surface area contributed by atoms with Crippen LogP contribution in [-0.4, -0.2) is 4.98 Å². The van der Waals surface area contributed by atoms with Gasteiger partial charge in [0.2, 0.25) is 0 Å². The van der Waals surface area contributed by atoms with Crippen LogP contribution < -0.4 is 0 Å². The molecule has 1 nitrogen and oxygen atoms in total. The Kier molecular flexibility index (Phi) is 2.54. The van der Waals surface area contributed by atoms with E-state index in [1.165, 1.54) is 59.2 Å². The number of pyridine rings is 1. The lowest BCUT2D eigenvalue weighted by Crippen LogP contribution is -1.91. The lowest BCUT2D eigenvalue weighted by Gasteiger charge is -2.18. The Hall–Kier alpha value is -3.71. The first kappa shape index (κ1) is 14.4. The minimum absolute atomic E-state index is 1.09. The van der Waals surface area contributed by atoms with Crippen molar-refractivity contribution in [1.29, 1.82) is 0 Å². The van der Waals surface area contributed by atoms with Crippen LogP contribution in [0.4, 0.5) is 0 Å². The van der Waals surface area contributed by atoms with E-state index >= 15 is 0 Å². The van der Waals surface area contributed by atoms with Crippen LogP contribution in [0.25, 0.3) is 64.8 Å². The Bertz CT molecular complexity index is 1680. The molecule has 0 spiro atoms. The van der Waals surface area contributed by atoms with Gasteiger partial charge in [-0.05, 0) is 55.2 Å². The van der Waals surface area contributed by atoms with Crippen molar-refractivity contribution in [3.8, 4) is 0 Å². The summed E-state index contributed by atoms with van der Waals surface area (Å²) in [5.41, 5.74) is 1.09. The molecule has 7 rings (SSSR count). The second kappa shape index (κ2) is 4.96. The number of fused-ring (bicyclic) bond motifs is 8. The molecule has 1 heteroatoms. The summed E-state index contributed by atoms with van der Waals surface area (Å²) < 4.78 is 0. The van der Waals surface area contributed by atoms with Gasteiger partial charge in [0.25, 0.3) is 0 Å². The maximum atomic E-state index is 4.79. The fraction of sp³-hybridized carbons (Fsp3) is 0. The van der Waals surface area contributed by atoms with E-state index in [-0.39, 0.29) is 0 Å². The van der Waals surface area contributed by atoms with Crippen LogP contribution in [0.3, 0.4) is 0 Å². The SMILES string of the molecule is c1ccc2c(c1)cc1c3cccnc3c3cccc4c5ccccc5c2c1c43. The van der Waals surface area contributed by atoms with Gasteiger partial charge >= 0.3 is 0 Å². The fourth-order valence-electron chi connectivity index (χ4n) is 5.12. The van der Waals surface area contributed by atoms with E-state index in [1.807, 2.05) is 12.3 Å². The zero-order valence-corrected chi connectivity index (χ0v) is 15.1. The number of nitrogens with zero attached hydrogens (tertiary/aromatic N) is 1. The molecule has 0 atom stereocenters. The van der Waals surface area contributed by atoms with Crippen LogP contribution in [0.5, 0.6) is 0 Å². The summed E-state index contributed by atoms with van der Waals surface area (Å²) in [5.74, 6) is 0. The molecular weight excluding hydrogens is 338 g/mol. The highest BCUT2D eigenvalue weighted by Crippen LogP contribution is 2.46. The maximum Gasteiger partial charge on any atom is 0.0786 e. The lowest BCUT2D eigenvalue weighted by atomic mass is 9.85. The van der Waals surface area contributed by atoms with Crippen LogP contribution in [-0.2, 0) is 0 Å². The third kappa shape index (κ3) is 1.61. The number of hydrogen-bond donors (Lipinski definition) is 0. The number of rotatable bonds is 0. The second-order valence-corrected chi connectivity index (χ2v) is 7.57. The molecule has 1 aromatic heterocycles. The summed E-state index contributed by atoms with van der Waals surface area (Å²) in [4.78, 5) is 4.79. The Morgan fingerprint density at radius 3 is 1.96 bits per heavy atom. The van der Waals surface area contributed by atoms with Crippen LogP contribution >= 0.6 is 0 Å². The van der Waals surface area contributed by atoms with Gasteiger partial charge in [-0.3, -0.25) is 4.98 Å². The van der Waals surface area contributed by atoms with Crippen molar-refractivity contribution in [3.05, 3.63) is 91.1 Å². The molecule has 0 saturated carbocycles. The molecule has 0 fully saturated rings. The zero-order chi connectivity index (χ0) is 18.2. The minimum atomic E-state index is 1.09. The van der Waals surface area contributed by atoms with Gasteiger partial charge in [0.1, 0.15) is 0 Å². The molecule has 0 radical (unpaired) electrons. The molecule has 0 amide bonds. The van der Waals surface area contributed by atoms with Crippen LogP contribution in [0.15, 0.2) is 91.1 Å². The van der Waals surface area contributed by atoms with E-state index in [0.29, 0.717) is 0 Å². The van der Waals surface area contributed by atoms with Gasteiger partial charge < -0.3 is 0 Å². The van der Waals surface area contributed by atoms with Gasteiger partial charge in [0.05, 0.1) is 5.52 Å². The number of benzene rings is 6. The van der Waals surface area contributed by atoms with E-state index in [4.69, 9.17) is 4.98 Å². The molecule has 0 bridgehead atoms. The van der Waals surface area contributed by atoms with Crippen LogP contribution in [0, 0.1) is 0 Å². The van der Waals surface area contributed by atoms with E-state index in [0.717, 1.165) is 5.52 Å². The normalized spacial score (nSPS) is 12.3. The van der Waals surface area contributed by atoms with Gasteiger partial charge in [0, 0.05) is 22.4 Å². The molecule has 6 aromatic carbocycles. The van der Waals surface area contributed by atoms with Gasteiger partial charge in [-0.2, -0.15) is 0 Å². The first-order valence-electron chi connectivity index (χ1n) is 9.66. The lowest BCUT2D eigenvalue weighted by molar-refractivity contribution is 1.43. The van der Waals surface area contributed by atoms with E-state index < -0.39 is 0 Å². The highest BCUT2D eigenvalue weighted by molar-refractivity contribution is 6.43. The van der Waals surface area contributed by atoms with Crippen LogP contribution in [0.1, 0.15) is 0 Å². The molecule has 0 aliphatic rings. The summed E-state index contributed by atoms with van der Waals surface area (Å²) in [6.07, 6.45) is 1.90. The van der Waals surface area contributed by atoms with Crippen molar-refractivity contribution >= 4 is 64.8 Å². The fourth-order valence-corrected chi connectivity index (χ4v) is 5.12. The Morgan fingerprint density at radius 2 is 1.07 bits per heavy atom. The highest BCUT2D eigenvalue weighted by atomic mass is 14.6. The summed E-state index contributed by atoms with van der Waals surface area (Å²) in [5, 5.41) is 14.4. The maximum absolute atomic E-state index is 4.79.